The zero-order chi connectivity index (χ0) is 13.2. The van der Waals surface area contributed by atoms with Crippen molar-refractivity contribution in [1.29, 1.82) is 0 Å². The summed E-state index contributed by atoms with van der Waals surface area (Å²) in [6, 6.07) is 0. The van der Waals surface area contributed by atoms with E-state index in [2.05, 4.69) is 47.7 Å². The van der Waals surface area contributed by atoms with E-state index in [0.717, 1.165) is 23.8 Å². The minimum atomic E-state index is 0.0463. The summed E-state index contributed by atoms with van der Waals surface area (Å²) < 4.78 is 2.00. The van der Waals surface area contributed by atoms with Crippen LogP contribution < -0.4 is 5.32 Å². The Kier molecular flexibility index (Phi) is 3.82. The van der Waals surface area contributed by atoms with Gasteiger partial charge in [-0.3, -0.25) is 4.68 Å². The molecule has 0 unspecified atom stereocenters. The first-order valence-corrected chi connectivity index (χ1v) is 6.99. The number of hydrogen-bond acceptors (Lipinski definition) is 4. The average Bonchev–Trinajstić information content (AvgIpc) is 2.87. The molecule has 2 heterocycles. The average molecular weight is 264 g/mol. The van der Waals surface area contributed by atoms with Gasteiger partial charge in [-0.1, -0.05) is 0 Å². The summed E-state index contributed by atoms with van der Waals surface area (Å²) in [5.74, 6) is 0. The molecule has 2 aromatic heterocycles. The molecule has 0 saturated carbocycles. The predicted molar refractivity (Wildman–Crippen MR) is 74.6 cm³/mol. The second kappa shape index (κ2) is 5.20. The van der Waals surface area contributed by atoms with Gasteiger partial charge in [0.15, 0.2) is 0 Å². The molecule has 0 aliphatic rings. The van der Waals surface area contributed by atoms with Crippen LogP contribution in [0.4, 0.5) is 0 Å². The van der Waals surface area contributed by atoms with Crippen LogP contribution in [-0.4, -0.2) is 14.8 Å². The highest BCUT2D eigenvalue weighted by Crippen LogP contribution is 2.13. The van der Waals surface area contributed by atoms with Crippen molar-refractivity contribution in [1.82, 2.24) is 20.1 Å². The first kappa shape index (κ1) is 13.2. The van der Waals surface area contributed by atoms with Gasteiger partial charge in [-0.05, 0) is 27.7 Å². The van der Waals surface area contributed by atoms with Crippen LogP contribution in [-0.2, 0) is 18.6 Å². The van der Waals surface area contributed by atoms with Gasteiger partial charge in [-0.25, -0.2) is 4.98 Å². The van der Waals surface area contributed by atoms with Gasteiger partial charge in [-0.15, -0.1) is 11.3 Å². The number of rotatable bonds is 4. The third-order valence-electron chi connectivity index (χ3n) is 2.60. The van der Waals surface area contributed by atoms with E-state index in [-0.39, 0.29) is 5.54 Å². The molecule has 0 amide bonds. The van der Waals surface area contributed by atoms with E-state index in [1.807, 2.05) is 17.8 Å². The van der Waals surface area contributed by atoms with Crippen LogP contribution in [0.1, 0.15) is 37.0 Å². The van der Waals surface area contributed by atoms with E-state index >= 15 is 0 Å². The van der Waals surface area contributed by atoms with E-state index in [0.29, 0.717) is 0 Å². The molecule has 0 aliphatic heterocycles. The lowest BCUT2D eigenvalue weighted by Crippen LogP contribution is -2.22. The Morgan fingerprint density at radius 3 is 2.67 bits per heavy atom. The van der Waals surface area contributed by atoms with Gasteiger partial charge in [0, 0.05) is 35.9 Å². The SMILES string of the molecule is Cc1csc(CNCc2cnn(C(C)(C)C)c2)n1. The van der Waals surface area contributed by atoms with Crippen LogP contribution in [0.5, 0.6) is 0 Å². The number of hydrogen-bond donors (Lipinski definition) is 1. The molecule has 1 N–H and O–H groups in total. The number of nitrogens with zero attached hydrogens (tertiary/aromatic N) is 3. The van der Waals surface area contributed by atoms with Crippen molar-refractivity contribution >= 4 is 11.3 Å². The van der Waals surface area contributed by atoms with Crippen molar-refractivity contribution in [3.63, 3.8) is 0 Å². The Morgan fingerprint density at radius 2 is 2.11 bits per heavy atom. The Morgan fingerprint density at radius 1 is 1.33 bits per heavy atom. The van der Waals surface area contributed by atoms with E-state index in [9.17, 15) is 0 Å². The van der Waals surface area contributed by atoms with Crippen molar-refractivity contribution < 1.29 is 0 Å². The van der Waals surface area contributed by atoms with E-state index in [1.165, 1.54) is 5.56 Å². The fourth-order valence-electron chi connectivity index (χ4n) is 1.62. The summed E-state index contributed by atoms with van der Waals surface area (Å²) in [4.78, 5) is 4.42. The number of nitrogens with one attached hydrogen (secondary N) is 1. The second-order valence-corrected chi connectivity index (χ2v) is 6.39. The van der Waals surface area contributed by atoms with Crippen LogP contribution in [0, 0.1) is 6.92 Å². The lowest BCUT2D eigenvalue weighted by Gasteiger charge is -2.18. The lowest BCUT2D eigenvalue weighted by molar-refractivity contribution is 0.355. The molecule has 4 nitrogen and oxygen atoms in total. The van der Waals surface area contributed by atoms with Crippen LogP contribution >= 0.6 is 11.3 Å². The first-order chi connectivity index (χ1) is 8.45. The summed E-state index contributed by atoms with van der Waals surface area (Å²) in [5, 5.41) is 11.0. The third-order valence-corrected chi connectivity index (χ3v) is 3.56. The zero-order valence-corrected chi connectivity index (χ0v) is 12.2. The van der Waals surface area contributed by atoms with Crippen LogP contribution in [0.2, 0.25) is 0 Å². The van der Waals surface area contributed by atoms with Crippen molar-refractivity contribution in [2.45, 2.75) is 46.3 Å². The lowest BCUT2D eigenvalue weighted by atomic mass is 10.1. The standard InChI is InChI=1S/C13H20N4S/c1-10-9-18-12(16-10)7-14-5-11-6-15-17(8-11)13(2,3)4/h6,8-9,14H,5,7H2,1-4H3. The number of aryl methyl sites for hydroxylation is 1. The van der Waals surface area contributed by atoms with Crippen molar-refractivity contribution in [2.24, 2.45) is 0 Å². The molecule has 98 valence electrons. The fraction of sp³-hybridized carbons (Fsp3) is 0.538. The quantitative estimate of drug-likeness (QED) is 0.923. The molecular weight excluding hydrogens is 244 g/mol. The van der Waals surface area contributed by atoms with Gasteiger partial charge in [0.05, 0.1) is 11.7 Å². The molecule has 18 heavy (non-hydrogen) atoms. The van der Waals surface area contributed by atoms with E-state index in [4.69, 9.17) is 0 Å². The van der Waals surface area contributed by atoms with Gasteiger partial charge < -0.3 is 5.32 Å². The van der Waals surface area contributed by atoms with Gasteiger partial charge in [0.2, 0.25) is 0 Å². The Bertz CT molecular complexity index is 507. The molecule has 2 rings (SSSR count). The first-order valence-electron chi connectivity index (χ1n) is 6.11. The summed E-state index contributed by atoms with van der Waals surface area (Å²) in [6.07, 6.45) is 4.02. The molecule has 0 radical (unpaired) electrons. The topological polar surface area (TPSA) is 42.7 Å². The van der Waals surface area contributed by atoms with Crippen LogP contribution in [0.3, 0.4) is 0 Å². The van der Waals surface area contributed by atoms with Crippen LogP contribution in [0.25, 0.3) is 0 Å². The maximum absolute atomic E-state index is 4.42. The highest BCUT2D eigenvalue weighted by molar-refractivity contribution is 7.09. The van der Waals surface area contributed by atoms with Gasteiger partial charge in [0.25, 0.3) is 0 Å². The van der Waals surface area contributed by atoms with Gasteiger partial charge in [0.1, 0.15) is 5.01 Å². The smallest absolute Gasteiger partial charge is 0.107 e. The summed E-state index contributed by atoms with van der Waals surface area (Å²) >= 11 is 1.70. The maximum Gasteiger partial charge on any atom is 0.107 e. The van der Waals surface area contributed by atoms with E-state index in [1.54, 1.807) is 11.3 Å². The number of thiazole rings is 1. The zero-order valence-electron chi connectivity index (χ0n) is 11.4. The summed E-state index contributed by atoms with van der Waals surface area (Å²) in [5.41, 5.74) is 2.35. The Balaban J connectivity index is 1.85. The molecule has 0 bridgehead atoms. The van der Waals surface area contributed by atoms with E-state index < -0.39 is 0 Å². The van der Waals surface area contributed by atoms with Gasteiger partial charge >= 0.3 is 0 Å². The molecule has 0 aromatic carbocycles. The van der Waals surface area contributed by atoms with Gasteiger partial charge in [-0.2, -0.15) is 5.10 Å². The predicted octanol–water partition coefficient (Wildman–Crippen LogP) is 2.69. The van der Waals surface area contributed by atoms with Crippen molar-refractivity contribution in [3.8, 4) is 0 Å². The minimum absolute atomic E-state index is 0.0463. The maximum atomic E-state index is 4.42. The number of aromatic nitrogens is 3. The summed E-state index contributed by atoms with van der Waals surface area (Å²) in [7, 11) is 0. The van der Waals surface area contributed by atoms with Crippen LogP contribution in [0.15, 0.2) is 17.8 Å². The minimum Gasteiger partial charge on any atom is -0.306 e. The molecule has 0 aliphatic carbocycles. The largest absolute Gasteiger partial charge is 0.306 e. The second-order valence-electron chi connectivity index (χ2n) is 5.45. The highest BCUT2D eigenvalue weighted by atomic mass is 32.1. The Labute approximate surface area is 112 Å². The molecule has 0 fully saturated rings. The molecule has 0 saturated heterocycles. The normalized spacial score (nSPS) is 12.0. The molecule has 5 heteroatoms. The highest BCUT2D eigenvalue weighted by Gasteiger charge is 2.13. The molecule has 2 aromatic rings. The third kappa shape index (κ3) is 3.40. The van der Waals surface area contributed by atoms with Crippen molar-refractivity contribution in [2.75, 3.05) is 0 Å². The monoisotopic (exact) mass is 264 g/mol. The van der Waals surface area contributed by atoms with Crippen molar-refractivity contribution in [3.05, 3.63) is 34.0 Å². The summed E-state index contributed by atoms with van der Waals surface area (Å²) in [6.45, 7) is 10.1. The molecular formula is C13H20N4S. The molecule has 0 spiro atoms. The Hall–Kier alpha value is -1.20. The molecule has 0 atom stereocenters. The fourth-order valence-corrected chi connectivity index (χ4v) is 2.36.